The molecule has 0 bridgehead atoms. The molecular weight excluding hydrogens is 344 g/mol. The van der Waals surface area contributed by atoms with Crippen LogP contribution in [-0.2, 0) is 33.9 Å². The fraction of sp³-hybridized carbons (Fsp3) is 0.333. The summed E-state index contributed by atoms with van der Waals surface area (Å²) in [4.78, 5) is 22.9. The van der Waals surface area contributed by atoms with Crippen molar-refractivity contribution in [3.63, 3.8) is 0 Å². The molecule has 0 radical (unpaired) electrons. The highest BCUT2D eigenvalue weighted by Gasteiger charge is 2.05. The number of benzene rings is 2. The van der Waals surface area contributed by atoms with E-state index in [-0.39, 0.29) is 30.9 Å². The van der Waals surface area contributed by atoms with Crippen LogP contribution in [0, 0.1) is 0 Å². The first-order valence-electron chi connectivity index (χ1n) is 8.88. The average Bonchev–Trinajstić information content (AvgIpc) is 2.64. The third-order valence-corrected chi connectivity index (χ3v) is 3.74. The van der Waals surface area contributed by atoms with Crippen LogP contribution in [-0.4, -0.2) is 24.5 Å². The second-order valence-electron chi connectivity index (χ2n) is 6.53. The molecule has 0 aliphatic rings. The molecule has 0 atom stereocenters. The molecule has 0 saturated heterocycles. The summed E-state index contributed by atoms with van der Waals surface area (Å²) in [5.74, 6) is -0.0332. The van der Waals surface area contributed by atoms with Crippen molar-refractivity contribution in [1.29, 1.82) is 0 Å². The number of amides is 2. The van der Waals surface area contributed by atoms with Crippen LogP contribution in [0.5, 0.6) is 5.75 Å². The SMILES string of the molecule is CC(C)OCc1cccc(CNC(=O)COc2ccc(CC(N)=O)cc2)c1. The van der Waals surface area contributed by atoms with E-state index in [2.05, 4.69) is 5.32 Å². The summed E-state index contributed by atoms with van der Waals surface area (Å²) >= 11 is 0. The Balaban J connectivity index is 1.76. The monoisotopic (exact) mass is 370 g/mol. The summed E-state index contributed by atoms with van der Waals surface area (Å²) in [5, 5.41) is 2.83. The van der Waals surface area contributed by atoms with Gasteiger partial charge in [0.1, 0.15) is 5.75 Å². The minimum atomic E-state index is -0.386. The Morgan fingerprint density at radius 3 is 2.41 bits per heavy atom. The summed E-state index contributed by atoms with van der Waals surface area (Å²) in [5.41, 5.74) is 8.03. The topological polar surface area (TPSA) is 90.7 Å². The molecule has 2 aromatic carbocycles. The van der Waals surface area contributed by atoms with Crippen molar-refractivity contribution in [2.45, 2.75) is 39.5 Å². The molecular formula is C21H26N2O4. The van der Waals surface area contributed by atoms with Crippen LogP contribution < -0.4 is 15.8 Å². The lowest BCUT2D eigenvalue weighted by Gasteiger charge is -2.10. The maximum Gasteiger partial charge on any atom is 0.258 e. The van der Waals surface area contributed by atoms with Crippen LogP contribution in [0.2, 0.25) is 0 Å². The van der Waals surface area contributed by atoms with Crippen LogP contribution in [0.1, 0.15) is 30.5 Å². The van der Waals surface area contributed by atoms with Crippen molar-refractivity contribution in [3.8, 4) is 5.75 Å². The van der Waals surface area contributed by atoms with Gasteiger partial charge in [-0.25, -0.2) is 0 Å². The van der Waals surface area contributed by atoms with E-state index in [0.717, 1.165) is 16.7 Å². The highest BCUT2D eigenvalue weighted by atomic mass is 16.5. The Morgan fingerprint density at radius 1 is 1.04 bits per heavy atom. The zero-order valence-corrected chi connectivity index (χ0v) is 15.7. The first-order chi connectivity index (χ1) is 12.9. The number of hydrogen-bond donors (Lipinski definition) is 2. The van der Waals surface area contributed by atoms with Crippen LogP contribution >= 0.6 is 0 Å². The van der Waals surface area contributed by atoms with E-state index in [1.54, 1.807) is 24.3 Å². The molecule has 0 unspecified atom stereocenters. The van der Waals surface area contributed by atoms with Gasteiger partial charge in [-0.05, 0) is 42.7 Å². The number of nitrogens with one attached hydrogen (secondary N) is 1. The van der Waals surface area contributed by atoms with Crippen molar-refractivity contribution < 1.29 is 19.1 Å². The number of carbonyl (C=O) groups excluding carboxylic acids is 2. The smallest absolute Gasteiger partial charge is 0.258 e. The lowest BCUT2D eigenvalue weighted by molar-refractivity contribution is -0.123. The van der Waals surface area contributed by atoms with Gasteiger partial charge in [-0.15, -0.1) is 0 Å². The minimum Gasteiger partial charge on any atom is -0.484 e. The van der Waals surface area contributed by atoms with Gasteiger partial charge < -0.3 is 20.5 Å². The summed E-state index contributed by atoms with van der Waals surface area (Å²) in [6, 6.07) is 14.8. The molecule has 0 aliphatic heterocycles. The van der Waals surface area contributed by atoms with Crippen molar-refractivity contribution in [3.05, 3.63) is 65.2 Å². The molecule has 0 aromatic heterocycles. The largest absolute Gasteiger partial charge is 0.484 e. The number of nitrogens with two attached hydrogens (primary N) is 1. The average molecular weight is 370 g/mol. The highest BCUT2D eigenvalue weighted by Crippen LogP contribution is 2.12. The number of primary amides is 1. The Labute approximate surface area is 159 Å². The lowest BCUT2D eigenvalue weighted by atomic mass is 10.1. The zero-order valence-electron chi connectivity index (χ0n) is 15.7. The van der Waals surface area contributed by atoms with E-state index in [0.29, 0.717) is 18.9 Å². The van der Waals surface area contributed by atoms with Crippen LogP contribution in [0.3, 0.4) is 0 Å². The first kappa shape index (κ1) is 20.5. The van der Waals surface area contributed by atoms with E-state index in [4.69, 9.17) is 15.2 Å². The van der Waals surface area contributed by atoms with Gasteiger partial charge in [0.15, 0.2) is 6.61 Å². The predicted octanol–water partition coefficient (Wildman–Crippen LogP) is 2.33. The normalized spacial score (nSPS) is 10.6. The van der Waals surface area contributed by atoms with Gasteiger partial charge in [-0.3, -0.25) is 9.59 Å². The van der Waals surface area contributed by atoms with Crippen LogP contribution in [0.25, 0.3) is 0 Å². The van der Waals surface area contributed by atoms with Gasteiger partial charge in [-0.2, -0.15) is 0 Å². The Bertz CT molecular complexity index is 757. The first-order valence-corrected chi connectivity index (χ1v) is 8.88. The van der Waals surface area contributed by atoms with Crippen LogP contribution in [0.4, 0.5) is 0 Å². The number of ether oxygens (including phenoxy) is 2. The molecule has 0 aliphatic carbocycles. The van der Waals surface area contributed by atoms with Gasteiger partial charge in [0, 0.05) is 6.54 Å². The molecule has 2 aromatic rings. The molecule has 3 N–H and O–H groups in total. The molecule has 6 heteroatoms. The maximum atomic E-state index is 12.0. The highest BCUT2D eigenvalue weighted by molar-refractivity contribution is 5.77. The molecule has 0 heterocycles. The molecule has 144 valence electrons. The van der Waals surface area contributed by atoms with E-state index in [1.807, 2.05) is 38.1 Å². The van der Waals surface area contributed by atoms with Gasteiger partial charge in [0.05, 0.1) is 19.1 Å². The Morgan fingerprint density at radius 2 is 1.74 bits per heavy atom. The molecule has 0 fully saturated rings. The van der Waals surface area contributed by atoms with E-state index < -0.39 is 0 Å². The van der Waals surface area contributed by atoms with Gasteiger partial charge in [-0.1, -0.05) is 36.4 Å². The molecule has 2 rings (SSSR count). The van der Waals surface area contributed by atoms with Crippen molar-refractivity contribution in [1.82, 2.24) is 5.32 Å². The predicted molar refractivity (Wildman–Crippen MR) is 103 cm³/mol. The minimum absolute atomic E-state index is 0.0781. The second kappa shape index (κ2) is 10.3. The summed E-state index contributed by atoms with van der Waals surface area (Å²) in [7, 11) is 0. The molecule has 0 saturated carbocycles. The quantitative estimate of drug-likeness (QED) is 0.672. The standard InChI is InChI=1S/C21H26N2O4/c1-15(2)26-13-18-5-3-4-17(10-18)12-23-21(25)14-27-19-8-6-16(7-9-19)11-20(22)24/h3-10,15H,11-14H2,1-2H3,(H2,22,24)(H,23,25). The fourth-order valence-corrected chi connectivity index (χ4v) is 2.40. The van der Waals surface area contributed by atoms with E-state index in [1.165, 1.54) is 0 Å². The van der Waals surface area contributed by atoms with Crippen molar-refractivity contribution in [2.24, 2.45) is 5.73 Å². The molecule has 0 spiro atoms. The zero-order chi connectivity index (χ0) is 19.6. The van der Waals surface area contributed by atoms with E-state index in [9.17, 15) is 9.59 Å². The molecule has 27 heavy (non-hydrogen) atoms. The van der Waals surface area contributed by atoms with Crippen molar-refractivity contribution in [2.75, 3.05) is 6.61 Å². The van der Waals surface area contributed by atoms with E-state index >= 15 is 0 Å². The summed E-state index contributed by atoms with van der Waals surface area (Å²) in [6.45, 7) is 4.89. The van der Waals surface area contributed by atoms with Gasteiger partial charge in [0.25, 0.3) is 5.91 Å². The molecule has 2 amide bonds. The number of carbonyl (C=O) groups is 2. The van der Waals surface area contributed by atoms with Gasteiger partial charge >= 0.3 is 0 Å². The number of rotatable bonds is 10. The third-order valence-electron chi connectivity index (χ3n) is 3.74. The van der Waals surface area contributed by atoms with Crippen molar-refractivity contribution >= 4 is 11.8 Å². The van der Waals surface area contributed by atoms with Gasteiger partial charge in [0.2, 0.25) is 5.91 Å². The Hall–Kier alpha value is -2.86. The lowest BCUT2D eigenvalue weighted by Crippen LogP contribution is -2.28. The summed E-state index contributed by atoms with van der Waals surface area (Å²) in [6.07, 6.45) is 0.359. The Kier molecular flexibility index (Phi) is 7.82. The summed E-state index contributed by atoms with van der Waals surface area (Å²) < 4.78 is 11.0. The fourth-order valence-electron chi connectivity index (χ4n) is 2.40. The maximum absolute atomic E-state index is 12.0. The number of hydrogen-bond acceptors (Lipinski definition) is 4. The third kappa shape index (κ3) is 7.92. The second-order valence-corrected chi connectivity index (χ2v) is 6.53. The molecule has 6 nitrogen and oxygen atoms in total. The van der Waals surface area contributed by atoms with Crippen LogP contribution in [0.15, 0.2) is 48.5 Å².